The highest BCUT2D eigenvalue weighted by Crippen LogP contribution is 2.41. The zero-order chi connectivity index (χ0) is 23.3. The third-order valence-electron chi connectivity index (χ3n) is 5.76. The maximum atomic E-state index is 15.1. The second-order valence-corrected chi connectivity index (χ2v) is 7.91. The molecule has 0 radical (unpaired) electrons. The first-order valence-electron chi connectivity index (χ1n) is 10.3. The molecule has 5 rings (SSSR count). The lowest BCUT2D eigenvalue weighted by Gasteiger charge is -2.30. The summed E-state index contributed by atoms with van der Waals surface area (Å²) in [6, 6.07) is 15.9. The van der Waals surface area contributed by atoms with Crippen molar-refractivity contribution >= 4 is 28.0 Å². The molecule has 3 nitrogen and oxygen atoms in total. The number of para-hydroxylation sites is 1. The van der Waals surface area contributed by atoms with E-state index in [9.17, 15) is 13.6 Å². The minimum absolute atomic E-state index is 0.0780. The van der Waals surface area contributed by atoms with Crippen LogP contribution in [0.2, 0.25) is 0 Å². The molecule has 0 aliphatic carbocycles. The fourth-order valence-electron chi connectivity index (χ4n) is 4.11. The largest absolute Gasteiger partial charge is 0.456 e. The third-order valence-corrected chi connectivity index (χ3v) is 5.76. The Morgan fingerprint density at radius 2 is 1.73 bits per heavy atom. The van der Waals surface area contributed by atoms with E-state index in [4.69, 9.17) is 4.42 Å². The van der Waals surface area contributed by atoms with Crippen LogP contribution in [0.4, 0.5) is 18.9 Å². The molecule has 2 heterocycles. The summed E-state index contributed by atoms with van der Waals surface area (Å²) in [6.45, 7) is 4.99. The summed E-state index contributed by atoms with van der Waals surface area (Å²) in [5, 5.41) is 0.904. The van der Waals surface area contributed by atoms with Gasteiger partial charge in [0.2, 0.25) is 0 Å². The van der Waals surface area contributed by atoms with Crippen molar-refractivity contribution < 1.29 is 22.4 Å². The predicted molar refractivity (Wildman–Crippen MR) is 122 cm³/mol. The van der Waals surface area contributed by atoms with E-state index in [1.807, 2.05) is 30.3 Å². The molecule has 0 fully saturated rings. The van der Waals surface area contributed by atoms with Crippen LogP contribution in [0.3, 0.4) is 0 Å². The first-order valence-corrected chi connectivity index (χ1v) is 10.3. The Labute approximate surface area is 188 Å². The number of hydrogen-bond donors (Lipinski definition) is 0. The second-order valence-electron chi connectivity index (χ2n) is 7.91. The molecule has 1 aliphatic heterocycles. The molecule has 0 atom stereocenters. The standard InChI is InChI=1S/C27H18F3NO2/c1-15-20(16(2)32)14-31(27-22(29)10-9-21(28)26(15)27)13-19-8-7-18(11-23(19)30)25-12-17-5-3-4-6-24(17)33-25/h3-12,14H,1,13H2,2H3. The van der Waals surface area contributed by atoms with Gasteiger partial charge in [0.05, 0.1) is 12.2 Å². The maximum Gasteiger partial charge on any atom is 0.161 e. The van der Waals surface area contributed by atoms with Crippen LogP contribution < -0.4 is 4.90 Å². The van der Waals surface area contributed by atoms with E-state index in [0.717, 1.165) is 17.5 Å². The molecule has 0 amide bonds. The van der Waals surface area contributed by atoms with Gasteiger partial charge >= 0.3 is 0 Å². The van der Waals surface area contributed by atoms with Crippen molar-refractivity contribution in [1.29, 1.82) is 0 Å². The van der Waals surface area contributed by atoms with Crippen molar-refractivity contribution in [2.75, 3.05) is 4.90 Å². The van der Waals surface area contributed by atoms with E-state index in [2.05, 4.69) is 6.58 Å². The van der Waals surface area contributed by atoms with Crippen molar-refractivity contribution in [1.82, 2.24) is 0 Å². The number of nitrogens with zero attached hydrogens (tertiary/aromatic N) is 1. The first-order chi connectivity index (χ1) is 15.8. The van der Waals surface area contributed by atoms with Crippen LogP contribution in [0.25, 0.3) is 27.9 Å². The van der Waals surface area contributed by atoms with Gasteiger partial charge in [-0.25, -0.2) is 13.2 Å². The first kappa shape index (κ1) is 20.8. The minimum Gasteiger partial charge on any atom is -0.456 e. The van der Waals surface area contributed by atoms with E-state index in [1.54, 1.807) is 12.1 Å². The highest BCUT2D eigenvalue weighted by atomic mass is 19.1. The van der Waals surface area contributed by atoms with Gasteiger partial charge in [0.1, 0.15) is 28.8 Å². The Kier molecular flexibility index (Phi) is 4.93. The molecule has 3 aromatic carbocycles. The van der Waals surface area contributed by atoms with E-state index in [1.165, 1.54) is 24.1 Å². The number of carbonyl (C=O) groups is 1. The van der Waals surface area contributed by atoms with Crippen molar-refractivity contribution in [3.8, 4) is 11.3 Å². The molecular weight excluding hydrogens is 427 g/mol. The number of carbonyl (C=O) groups excluding carboxylic acids is 1. The van der Waals surface area contributed by atoms with Crippen LogP contribution in [-0.2, 0) is 11.3 Å². The average molecular weight is 445 g/mol. The third kappa shape index (κ3) is 3.53. The van der Waals surface area contributed by atoms with Gasteiger partial charge < -0.3 is 9.32 Å². The summed E-state index contributed by atoms with van der Waals surface area (Å²) in [6.07, 6.45) is 1.39. The zero-order valence-corrected chi connectivity index (χ0v) is 17.7. The number of Topliss-reactive ketones (excluding diaryl/α,β-unsaturated/α-hetero) is 1. The number of allylic oxidation sites excluding steroid dienone is 2. The van der Waals surface area contributed by atoms with Crippen LogP contribution in [0.5, 0.6) is 0 Å². The highest BCUT2D eigenvalue weighted by molar-refractivity contribution is 6.11. The molecule has 0 saturated heterocycles. The van der Waals surface area contributed by atoms with E-state index < -0.39 is 17.5 Å². The number of furan rings is 1. The Balaban J connectivity index is 1.54. The van der Waals surface area contributed by atoms with Gasteiger partial charge in [-0.2, -0.15) is 0 Å². The lowest BCUT2D eigenvalue weighted by Crippen LogP contribution is -2.25. The molecule has 6 heteroatoms. The van der Waals surface area contributed by atoms with Crippen LogP contribution in [0.15, 0.2) is 83.4 Å². The van der Waals surface area contributed by atoms with Crippen molar-refractivity contribution in [2.45, 2.75) is 13.5 Å². The lowest BCUT2D eigenvalue weighted by molar-refractivity contribution is -0.113. The van der Waals surface area contributed by atoms with Gasteiger partial charge in [-0.15, -0.1) is 0 Å². The Bertz CT molecular complexity index is 1450. The Morgan fingerprint density at radius 3 is 2.45 bits per heavy atom. The second kappa shape index (κ2) is 7.81. The Hall–Kier alpha value is -4.06. The maximum absolute atomic E-state index is 15.1. The number of halogens is 3. The molecule has 0 unspecified atom stereocenters. The summed E-state index contributed by atoms with van der Waals surface area (Å²) in [4.78, 5) is 13.4. The molecule has 33 heavy (non-hydrogen) atoms. The molecular formula is C27H18F3NO2. The number of anilines is 1. The van der Waals surface area contributed by atoms with Crippen molar-refractivity contribution in [2.24, 2.45) is 0 Å². The average Bonchev–Trinajstić information content (AvgIpc) is 3.22. The molecule has 1 aromatic heterocycles. The quantitative estimate of drug-likeness (QED) is 0.338. The molecule has 1 aliphatic rings. The van der Waals surface area contributed by atoms with Gasteiger partial charge in [0.25, 0.3) is 0 Å². The summed E-state index contributed by atoms with van der Waals surface area (Å²) in [5.74, 6) is -1.75. The van der Waals surface area contributed by atoms with Gasteiger partial charge in [-0.05, 0) is 42.8 Å². The number of fused-ring (bicyclic) bond motifs is 2. The number of benzene rings is 3. The van der Waals surface area contributed by atoms with E-state index in [0.29, 0.717) is 16.9 Å². The SMILES string of the molecule is C=C1C(C(C)=O)=CN(Cc2ccc(-c3cc4ccccc4o3)cc2F)c2c(F)ccc(F)c21. The van der Waals surface area contributed by atoms with E-state index in [-0.39, 0.29) is 40.3 Å². The lowest BCUT2D eigenvalue weighted by atomic mass is 9.91. The molecule has 4 aromatic rings. The fourth-order valence-corrected chi connectivity index (χ4v) is 4.11. The topological polar surface area (TPSA) is 33.5 Å². The highest BCUT2D eigenvalue weighted by Gasteiger charge is 2.29. The molecule has 0 spiro atoms. The van der Waals surface area contributed by atoms with Gasteiger partial charge in [-0.3, -0.25) is 4.79 Å². The summed E-state index contributed by atoms with van der Waals surface area (Å²) >= 11 is 0. The number of hydrogen-bond acceptors (Lipinski definition) is 3. The minimum atomic E-state index is -0.700. The Morgan fingerprint density at radius 1 is 0.970 bits per heavy atom. The zero-order valence-electron chi connectivity index (χ0n) is 17.7. The van der Waals surface area contributed by atoms with Crippen LogP contribution >= 0.6 is 0 Å². The van der Waals surface area contributed by atoms with Gasteiger partial charge in [0.15, 0.2) is 5.78 Å². The normalized spacial score (nSPS) is 13.3. The molecule has 0 saturated carbocycles. The van der Waals surface area contributed by atoms with Crippen LogP contribution in [0.1, 0.15) is 18.1 Å². The number of rotatable bonds is 4. The monoisotopic (exact) mass is 445 g/mol. The fraction of sp³-hybridized carbons (Fsp3) is 0.0741. The summed E-state index contributed by atoms with van der Waals surface area (Å²) in [7, 11) is 0. The predicted octanol–water partition coefficient (Wildman–Crippen LogP) is 7.02. The molecule has 0 bridgehead atoms. The smallest absolute Gasteiger partial charge is 0.161 e. The summed E-state index contributed by atoms with van der Waals surface area (Å²) in [5.41, 5.74) is 1.57. The van der Waals surface area contributed by atoms with E-state index >= 15 is 4.39 Å². The van der Waals surface area contributed by atoms with Gasteiger partial charge in [-0.1, -0.05) is 36.9 Å². The summed E-state index contributed by atoms with van der Waals surface area (Å²) < 4.78 is 50.2. The van der Waals surface area contributed by atoms with Gasteiger partial charge in [0, 0.05) is 33.8 Å². The van der Waals surface area contributed by atoms with Crippen molar-refractivity contribution in [3.63, 3.8) is 0 Å². The molecule has 164 valence electrons. The number of ketones is 1. The van der Waals surface area contributed by atoms with Crippen LogP contribution in [0, 0.1) is 17.5 Å². The van der Waals surface area contributed by atoms with Crippen molar-refractivity contribution in [3.05, 3.63) is 108 Å². The molecule has 0 N–H and O–H groups in total. The van der Waals surface area contributed by atoms with Crippen LogP contribution in [-0.4, -0.2) is 5.78 Å².